The molecule has 0 bridgehead atoms. The van der Waals surface area contributed by atoms with Crippen LogP contribution in [0.1, 0.15) is 11.1 Å². The van der Waals surface area contributed by atoms with Gasteiger partial charge in [0.1, 0.15) is 11.5 Å². The van der Waals surface area contributed by atoms with Gasteiger partial charge < -0.3 is 19.3 Å². The topological polar surface area (TPSA) is 82.1 Å². The Kier molecular flexibility index (Phi) is 9.47. The number of benzene rings is 2. The molecule has 0 saturated carbocycles. The van der Waals surface area contributed by atoms with Gasteiger partial charge in [-0.05, 0) is 47.5 Å². The lowest BCUT2D eigenvalue weighted by molar-refractivity contribution is -0.140. The Morgan fingerprint density at radius 1 is 0.852 bits per heavy atom. The van der Waals surface area contributed by atoms with Crippen molar-refractivity contribution in [3.8, 4) is 11.5 Å². The summed E-state index contributed by atoms with van der Waals surface area (Å²) in [4.78, 5) is 21.4. The largest absolute Gasteiger partial charge is 0.497 e. The van der Waals surface area contributed by atoms with Crippen LogP contribution in [-0.2, 0) is 27.2 Å². The van der Waals surface area contributed by atoms with Gasteiger partial charge in [-0.2, -0.15) is 0 Å². The van der Waals surface area contributed by atoms with E-state index in [0.717, 1.165) is 0 Å². The third-order valence-corrected chi connectivity index (χ3v) is 4.15. The second kappa shape index (κ2) is 11.3. The van der Waals surface area contributed by atoms with Gasteiger partial charge in [0.2, 0.25) is 0 Å². The average Bonchev–Trinajstić information content (AvgIpc) is 2.65. The molecule has 0 aliphatic rings. The van der Waals surface area contributed by atoms with Gasteiger partial charge >= 0.3 is 11.9 Å². The number of hydrogen-bond donors (Lipinski definition) is 1. The van der Waals surface area contributed by atoms with Gasteiger partial charge in [0, 0.05) is 10.0 Å². The number of rotatable bonds is 6. The Morgan fingerprint density at radius 2 is 1.30 bits per heavy atom. The van der Waals surface area contributed by atoms with Crippen LogP contribution in [0.3, 0.4) is 0 Å². The van der Waals surface area contributed by atoms with E-state index >= 15 is 0 Å². The summed E-state index contributed by atoms with van der Waals surface area (Å²) in [6, 6.07) is 10.1. The SMILES string of the molecule is COC(=O)Cc1cc(OC)ccc1Cl.COc1ccc(Cl)c(CC(=O)O)c1. The van der Waals surface area contributed by atoms with Crippen LogP contribution in [0.2, 0.25) is 10.0 Å². The molecule has 0 unspecified atom stereocenters. The summed E-state index contributed by atoms with van der Waals surface area (Å²) in [5, 5.41) is 9.54. The zero-order chi connectivity index (χ0) is 20.4. The second-order valence-electron chi connectivity index (χ2n) is 5.24. The number of carboxylic acid groups (broad SMARTS) is 1. The Morgan fingerprint density at radius 3 is 1.67 bits per heavy atom. The first-order valence-electron chi connectivity index (χ1n) is 7.74. The van der Waals surface area contributed by atoms with Crippen LogP contribution >= 0.6 is 23.2 Å². The first-order chi connectivity index (χ1) is 12.8. The third-order valence-electron chi connectivity index (χ3n) is 3.41. The quantitative estimate of drug-likeness (QED) is 0.718. The van der Waals surface area contributed by atoms with Crippen LogP contribution in [0.4, 0.5) is 0 Å². The van der Waals surface area contributed by atoms with Crippen LogP contribution in [0.25, 0.3) is 0 Å². The molecule has 2 aromatic carbocycles. The van der Waals surface area contributed by atoms with Gasteiger partial charge in [-0.3, -0.25) is 9.59 Å². The number of halogens is 2. The molecule has 0 spiro atoms. The van der Waals surface area contributed by atoms with E-state index in [2.05, 4.69) is 4.74 Å². The predicted octanol–water partition coefficient (Wildman–Crippen LogP) is 4.04. The number of esters is 1. The van der Waals surface area contributed by atoms with Crippen LogP contribution in [0.5, 0.6) is 11.5 Å². The van der Waals surface area contributed by atoms with E-state index in [1.807, 2.05) is 0 Å². The minimum Gasteiger partial charge on any atom is -0.497 e. The van der Waals surface area contributed by atoms with E-state index in [4.69, 9.17) is 37.8 Å². The number of carbonyl (C=O) groups is 2. The molecule has 146 valence electrons. The fourth-order valence-electron chi connectivity index (χ4n) is 2.02. The molecule has 0 aliphatic heterocycles. The van der Waals surface area contributed by atoms with Crippen LogP contribution < -0.4 is 9.47 Å². The lowest BCUT2D eigenvalue weighted by atomic mass is 10.1. The van der Waals surface area contributed by atoms with Gasteiger partial charge in [-0.15, -0.1) is 0 Å². The van der Waals surface area contributed by atoms with Crippen molar-refractivity contribution < 1.29 is 28.9 Å². The third kappa shape index (κ3) is 7.76. The summed E-state index contributed by atoms with van der Waals surface area (Å²) < 4.78 is 14.5. The van der Waals surface area contributed by atoms with Crippen molar-refractivity contribution in [3.05, 3.63) is 57.6 Å². The van der Waals surface area contributed by atoms with E-state index < -0.39 is 5.97 Å². The highest BCUT2D eigenvalue weighted by atomic mass is 35.5. The second-order valence-corrected chi connectivity index (χ2v) is 6.05. The first-order valence-corrected chi connectivity index (χ1v) is 8.49. The molecule has 0 atom stereocenters. The summed E-state index contributed by atoms with van der Waals surface area (Å²) in [5.74, 6) is 0.0595. The summed E-state index contributed by atoms with van der Waals surface area (Å²) in [5.41, 5.74) is 1.27. The molecule has 0 fully saturated rings. The van der Waals surface area contributed by atoms with Crippen molar-refractivity contribution in [3.63, 3.8) is 0 Å². The van der Waals surface area contributed by atoms with Gasteiger partial charge in [0.15, 0.2) is 0 Å². The fourth-order valence-corrected chi connectivity index (χ4v) is 2.39. The molecule has 0 heterocycles. The van der Waals surface area contributed by atoms with Crippen molar-refractivity contribution in [2.45, 2.75) is 12.8 Å². The molecule has 1 N–H and O–H groups in total. The van der Waals surface area contributed by atoms with Gasteiger partial charge in [0.05, 0.1) is 34.2 Å². The molecule has 2 aromatic rings. The lowest BCUT2D eigenvalue weighted by Crippen LogP contribution is -2.05. The Hall–Kier alpha value is -2.44. The molecule has 0 aromatic heterocycles. The highest BCUT2D eigenvalue weighted by Crippen LogP contribution is 2.23. The number of aliphatic carboxylic acids is 1. The fraction of sp³-hybridized carbons (Fsp3) is 0.263. The van der Waals surface area contributed by atoms with E-state index in [1.165, 1.54) is 14.2 Å². The summed E-state index contributed by atoms with van der Waals surface area (Å²) in [7, 11) is 4.43. The number of carbonyl (C=O) groups excluding carboxylic acids is 1. The standard InChI is InChI=1S/C10H11ClO3.C9H9ClO3/c1-13-8-3-4-9(11)7(5-8)6-10(12)14-2;1-13-7-2-3-8(10)6(4-7)5-9(11)12/h3-5H,6H2,1-2H3;2-4H,5H2,1H3,(H,11,12). The van der Waals surface area contributed by atoms with Crippen molar-refractivity contribution in [2.24, 2.45) is 0 Å². The summed E-state index contributed by atoms with van der Waals surface area (Å²) >= 11 is 11.7. The predicted molar refractivity (Wildman–Crippen MR) is 103 cm³/mol. The minimum atomic E-state index is -0.907. The van der Waals surface area contributed by atoms with Crippen LogP contribution in [0.15, 0.2) is 36.4 Å². The van der Waals surface area contributed by atoms with E-state index in [1.54, 1.807) is 43.5 Å². The molecule has 0 saturated heterocycles. The first kappa shape index (κ1) is 22.6. The van der Waals surface area contributed by atoms with E-state index in [0.29, 0.717) is 32.7 Å². The van der Waals surface area contributed by atoms with Crippen LogP contribution in [-0.4, -0.2) is 38.4 Å². The van der Waals surface area contributed by atoms with E-state index in [9.17, 15) is 9.59 Å². The lowest BCUT2D eigenvalue weighted by Gasteiger charge is -2.05. The van der Waals surface area contributed by atoms with E-state index in [-0.39, 0.29) is 18.8 Å². The molecule has 0 radical (unpaired) electrons. The maximum Gasteiger partial charge on any atom is 0.310 e. The van der Waals surface area contributed by atoms with Gasteiger partial charge in [-0.25, -0.2) is 0 Å². The zero-order valence-corrected chi connectivity index (χ0v) is 16.6. The highest BCUT2D eigenvalue weighted by molar-refractivity contribution is 6.31. The smallest absolute Gasteiger partial charge is 0.310 e. The number of ether oxygens (including phenoxy) is 3. The Bertz CT molecular complexity index is 792. The van der Waals surface area contributed by atoms with Crippen molar-refractivity contribution >= 4 is 35.1 Å². The summed E-state index contributed by atoms with van der Waals surface area (Å²) in [6.45, 7) is 0. The van der Waals surface area contributed by atoms with Gasteiger partial charge in [-0.1, -0.05) is 23.2 Å². The van der Waals surface area contributed by atoms with Gasteiger partial charge in [0.25, 0.3) is 0 Å². The maximum absolute atomic E-state index is 11.0. The maximum atomic E-state index is 11.0. The molecular formula is C19H20Cl2O6. The molecule has 8 heteroatoms. The average molecular weight is 415 g/mol. The molecule has 6 nitrogen and oxygen atoms in total. The summed E-state index contributed by atoms with van der Waals surface area (Å²) in [6.07, 6.45) is 0.0720. The Labute approximate surface area is 167 Å². The molecule has 2 rings (SSSR count). The highest BCUT2D eigenvalue weighted by Gasteiger charge is 2.08. The normalized spacial score (nSPS) is 9.67. The monoisotopic (exact) mass is 414 g/mol. The van der Waals surface area contributed by atoms with Crippen LogP contribution in [0, 0.1) is 0 Å². The molecule has 0 aliphatic carbocycles. The molecule has 27 heavy (non-hydrogen) atoms. The van der Waals surface area contributed by atoms with Crippen molar-refractivity contribution in [1.29, 1.82) is 0 Å². The molecular weight excluding hydrogens is 395 g/mol. The minimum absolute atomic E-state index is 0.0873. The van der Waals surface area contributed by atoms with Crippen molar-refractivity contribution in [1.82, 2.24) is 0 Å². The number of hydrogen-bond acceptors (Lipinski definition) is 5. The number of carboxylic acids is 1. The van der Waals surface area contributed by atoms with Crippen molar-refractivity contribution in [2.75, 3.05) is 21.3 Å². The number of methoxy groups -OCH3 is 3. The molecule has 0 amide bonds. The zero-order valence-electron chi connectivity index (χ0n) is 15.1. The Balaban J connectivity index is 0.000000271.